The Balaban J connectivity index is 1.89. The molecule has 4 amide bonds. The number of likely N-dealkylation sites (tertiary alicyclic amines) is 2. The van der Waals surface area contributed by atoms with Crippen LogP contribution in [0.2, 0.25) is 0 Å². The first-order valence-electron chi connectivity index (χ1n) is 9.38. The Kier molecular flexibility index (Phi) is 5.81. The van der Waals surface area contributed by atoms with Crippen molar-refractivity contribution >= 4 is 23.6 Å². The molecule has 26 heavy (non-hydrogen) atoms. The van der Waals surface area contributed by atoms with Crippen LogP contribution in [-0.4, -0.2) is 46.5 Å². The van der Waals surface area contributed by atoms with E-state index in [0.717, 1.165) is 38.5 Å². The maximum absolute atomic E-state index is 13.0. The summed E-state index contributed by atoms with van der Waals surface area (Å²) in [4.78, 5) is 53.0. The number of nitrogens with zero attached hydrogens (tertiary/aromatic N) is 2. The molecule has 2 aliphatic heterocycles. The van der Waals surface area contributed by atoms with Crippen LogP contribution >= 0.6 is 0 Å². The summed E-state index contributed by atoms with van der Waals surface area (Å²) in [5.74, 6) is -1.27. The zero-order valence-corrected chi connectivity index (χ0v) is 14.9. The Bertz CT molecular complexity index is 667. The summed E-state index contributed by atoms with van der Waals surface area (Å²) >= 11 is 0. The Morgan fingerprint density at radius 2 is 1.08 bits per heavy atom. The Morgan fingerprint density at radius 3 is 1.50 bits per heavy atom. The molecule has 0 N–H and O–H groups in total. The SMILES string of the molecule is O=C1CCCCCN1C(=O)c1ccccc1C(=O)N1CCCCCC1=O. The standard InChI is InChI=1S/C20H24N2O4/c23-17-11-3-1-7-13-21(17)19(25)15-9-5-6-10-16(15)20(26)22-14-8-2-4-12-18(22)24/h5-6,9-10H,1-4,7-8,11-14H2. The van der Waals surface area contributed by atoms with E-state index >= 15 is 0 Å². The highest BCUT2D eigenvalue weighted by atomic mass is 16.2. The lowest BCUT2D eigenvalue weighted by Gasteiger charge is -2.22. The number of imide groups is 2. The van der Waals surface area contributed by atoms with Gasteiger partial charge in [0.05, 0.1) is 11.1 Å². The third-order valence-electron chi connectivity index (χ3n) is 5.03. The second-order valence-electron chi connectivity index (χ2n) is 6.87. The van der Waals surface area contributed by atoms with Crippen LogP contribution in [0.4, 0.5) is 0 Å². The molecule has 0 aliphatic carbocycles. The Hall–Kier alpha value is -2.50. The largest absolute Gasteiger partial charge is 0.278 e. The van der Waals surface area contributed by atoms with Gasteiger partial charge in [-0.2, -0.15) is 0 Å². The summed E-state index contributed by atoms with van der Waals surface area (Å²) in [5, 5.41) is 0. The fourth-order valence-corrected chi connectivity index (χ4v) is 3.54. The van der Waals surface area contributed by atoms with Gasteiger partial charge in [0, 0.05) is 25.9 Å². The predicted molar refractivity (Wildman–Crippen MR) is 95.5 cm³/mol. The summed E-state index contributed by atoms with van der Waals surface area (Å²) in [5.41, 5.74) is 0.398. The van der Waals surface area contributed by atoms with Crippen LogP contribution in [0, 0.1) is 0 Å². The zero-order chi connectivity index (χ0) is 18.5. The molecule has 1 aromatic carbocycles. The van der Waals surface area contributed by atoms with Crippen molar-refractivity contribution in [3.8, 4) is 0 Å². The van der Waals surface area contributed by atoms with Gasteiger partial charge in [-0.3, -0.25) is 29.0 Å². The van der Waals surface area contributed by atoms with Gasteiger partial charge in [-0.25, -0.2) is 0 Å². The first-order chi connectivity index (χ1) is 12.6. The van der Waals surface area contributed by atoms with Gasteiger partial charge in [0.1, 0.15) is 0 Å². The van der Waals surface area contributed by atoms with Crippen LogP contribution in [0.5, 0.6) is 0 Å². The highest BCUT2D eigenvalue weighted by Crippen LogP contribution is 2.20. The van der Waals surface area contributed by atoms with Crippen molar-refractivity contribution in [2.75, 3.05) is 13.1 Å². The minimum Gasteiger partial charge on any atom is -0.278 e. The highest BCUT2D eigenvalue weighted by Gasteiger charge is 2.30. The smallest absolute Gasteiger partial charge is 0.261 e. The van der Waals surface area contributed by atoms with Crippen molar-refractivity contribution in [2.45, 2.75) is 51.4 Å². The van der Waals surface area contributed by atoms with Crippen LogP contribution < -0.4 is 0 Å². The summed E-state index contributed by atoms with van der Waals surface area (Å²) in [7, 11) is 0. The van der Waals surface area contributed by atoms with E-state index in [-0.39, 0.29) is 22.9 Å². The molecule has 0 spiro atoms. The molecule has 1 aromatic rings. The van der Waals surface area contributed by atoms with Crippen LogP contribution in [0.25, 0.3) is 0 Å². The van der Waals surface area contributed by atoms with Gasteiger partial charge in [-0.15, -0.1) is 0 Å². The monoisotopic (exact) mass is 356 g/mol. The van der Waals surface area contributed by atoms with E-state index in [1.807, 2.05) is 0 Å². The molecule has 3 rings (SSSR count). The molecule has 2 aliphatic rings. The maximum Gasteiger partial charge on any atom is 0.261 e. The van der Waals surface area contributed by atoms with Gasteiger partial charge in [0.15, 0.2) is 0 Å². The predicted octanol–water partition coefficient (Wildman–Crippen LogP) is 2.77. The third kappa shape index (κ3) is 3.84. The number of hydrogen-bond donors (Lipinski definition) is 0. The van der Waals surface area contributed by atoms with E-state index in [1.54, 1.807) is 24.3 Å². The molecule has 0 radical (unpaired) electrons. The first kappa shape index (κ1) is 18.3. The molecule has 2 saturated heterocycles. The highest BCUT2D eigenvalue weighted by molar-refractivity contribution is 6.14. The average Bonchev–Trinajstić information content (AvgIpc) is 3.00. The molecule has 2 heterocycles. The van der Waals surface area contributed by atoms with Crippen LogP contribution in [0.3, 0.4) is 0 Å². The molecule has 0 atom stereocenters. The number of hydrogen-bond acceptors (Lipinski definition) is 4. The number of rotatable bonds is 2. The van der Waals surface area contributed by atoms with Gasteiger partial charge in [0.25, 0.3) is 11.8 Å². The molecule has 6 nitrogen and oxygen atoms in total. The zero-order valence-electron chi connectivity index (χ0n) is 14.9. The second-order valence-corrected chi connectivity index (χ2v) is 6.87. The Morgan fingerprint density at radius 1 is 0.654 bits per heavy atom. The molecule has 138 valence electrons. The Labute approximate surface area is 153 Å². The normalized spacial score (nSPS) is 19.1. The van der Waals surface area contributed by atoms with Gasteiger partial charge in [-0.1, -0.05) is 25.0 Å². The quantitative estimate of drug-likeness (QED) is 0.764. The number of carbonyl (C=O) groups excluding carboxylic acids is 4. The van der Waals surface area contributed by atoms with Gasteiger partial charge in [0.2, 0.25) is 11.8 Å². The van der Waals surface area contributed by atoms with Gasteiger partial charge >= 0.3 is 0 Å². The van der Waals surface area contributed by atoms with Gasteiger partial charge < -0.3 is 0 Å². The van der Waals surface area contributed by atoms with E-state index in [0.29, 0.717) is 25.9 Å². The summed E-state index contributed by atoms with van der Waals surface area (Å²) in [6.45, 7) is 0.756. The van der Waals surface area contributed by atoms with E-state index < -0.39 is 11.8 Å². The van der Waals surface area contributed by atoms with Crippen LogP contribution in [0.1, 0.15) is 72.1 Å². The van der Waals surface area contributed by atoms with Crippen LogP contribution in [0.15, 0.2) is 24.3 Å². The maximum atomic E-state index is 13.0. The van der Waals surface area contributed by atoms with E-state index in [4.69, 9.17) is 0 Å². The van der Waals surface area contributed by atoms with E-state index in [9.17, 15) is 19.2 Å². The van der Waals surface area contributed by atoms with Crippen molar-refractivity contribution in [3.63, 3.8) is 0 Å². The number of carbonyl (C=O) groups is 4. The lowest BCUT2D eigenvalue weighted by Crippen LogP contribution is -2.40. The first-order valence-corrected chi connectivity index (χ1v) is 9.38. The fourth-order valence-electron chi connectivity index (χ4n) is 3.54. The number of amides is 4. The second kappa shape index (κ2) is 8.25. The third-order valence-corrected chi connectivity index (χ3v) is 5.03. The van der Waals surface area contributed by atoms with Crippen molar-refractivity contribution in [2.24, 2.45) is 0 Å². The molecule has 6 heteroatoms. The molecule has 0 bridgehead atoms. The lowest BCUT2D eigenvalue weighted by atomic mass is 10.0. The van der Waals surface area contributed by atoms with Crippen LogP contribution in [-0.2, 0) is 9.59 Å². The number of benzene rings is 1. The van der Waals surface area contributed by atoms with Crippen molar-refractivity contribution < 1.29 is 19.2 Å². The summed E-state index contributed by atoms with van der Waals surface area (Å²) < 4.78 is 0. The average molecular weight is 356 g/mol. The molecule has 2 fully saturated rings. The topological polar surface area (TPSA) is 74.8 Å². The molecule has 0 unspecified atom stereocenters. The minimum atomic E-state index is -0.442. The van der Waals surface area contributed by atoms with Crippen molar-refractivity contribution in [3.05, 3.63) is 35.4 Å². The van der Waals surface area contributed by atoms with Crippen molar-refractivity contribution in [1.82, 2.24) is 9.80 Å². The summed E-state index contributed by atoms with van der Waals surface area (Å²) in [6.07, 6.45) is 5.66. The van der Waals surface area contributed by atoms with E-state index in [1.165, 1.54) is 9.80 Å². The summed E-state index contributed by atoms with van der Waals surface area (Å²) in [6, 6.07) is 6.49. The molecular weight excluding hydrogens is 332 g/mol. The molecule has 0 aromatic heterocycles. The minimum absolute atomic E-state index is 0.194. The van der Waals surface area contributed by atoms with Crippen molar-refractivity contribution in [1.29, 1.82) is 0 Å². The molecular formula is C20H24N2O4. The fraction of sp³-hybridized carbons (Fsp3) is 0.500. The van der Waals surface area contributed by atoms with E-state index in [2.05, 4.69) is 0 Å². The molecule has 0 saturated carbocycles. The van der Waals surface area contributed by atoms with Gasteiger partial charge in [-0.05, 0) is 37.8 Å². The lowest BCUT2D eigenvalue weighted by molar-refractivity contribution is -0.129.